The van der Waals surface area contributed by atoms with Crippen LogP contribution in [0.4, 0.5) is 10.1 Å². The second kappa shape index (κ2) is 6.15. The minimum atomic E-state index is -4.07. The third-order valence-electron chi connectivity index (χ3n) is 3.44. The Morgan fingerprint density at radius 2 is 2.05 bits per heavy atom. The number of hydrogen-bond donors (Lipinski definition) is 2. The van der Waals surface area contributed by atoms with Crippen molar-refractivity contribution < 1.29 is 22.5 Å². The predicted octanol–water partition coefficient (Wildman–Crippen LogP) is 0.713. The summed E-state index contributed by atoms with van der Waals surface area (Å²) in [7, 11) is -4.07. The topological polar surface area (TPSA) is 125 Å². The molecule has 22 heavy (non-hydrogen) atoms. The summed E-state index contributed by atoms with van der Waals surface area (Å²) in [6.07, 6.45) is 0.492. The molecule has 0 unspecified atom stereocenters. The molecule has 0 aliphatic carbocycles. The summed E-state index contributed by atoms with van der Waals surface area (Å²) in [6, 6.07) is 3.01. The summed E-state index contributed by atoms with van der Waals surface area (Å²) in [5.74, 6) is -0.187. The number of nitrogens with one attached hydrogen (secondary N) is 1. The molecule has 3 N–H and O–H groups in total. The van der Waals surface area contributed by atoms with Gasteiger partial charge in [0.1, 0.15) is 12.3 Å². The Kier molecular flexibility index (Phi) is 4.63. The maximum Gasteiger partial charge on any atom is 0.312 e. The van der Waals surface area contributed by atoms with Crippen molar-refractivity contribution in [3.8, 4) is 5.75 Å². The van der Waals surface area contributed by atoms with Crippen LogP contribution >= 0.6 is 0 Å². The molecule has 0 aromatic heterocycles. The van der Waals surface area contributed by atoms with Crippen LogP contribution in [0.2, 0.25) is 0 Å². The molecule has 0 bridgehead atoms. The second-order valence-corrected chi connectivity index (χ2v) is 6.68. The number of ether oxygens (including phenoxy) is 1. The van der Waals surface area contributed by atoms with Gasteiger partial charge in [-0.15, -0.1) is 0 Å². The molecule has 0 amide bonds. The van der Waals surface area contributed by atoms with Crippen molar-refractivity contribution in [3.63, 3.8) is 0 Å². The van der Waals surface area contributed by atoms with Gasteiger partial charge in [0.15, 0.2) is 5.75 Å². The van der Waals surface area contributed by atoms with Gasteiger partial charge >= 0.3 is 5.69 Å². The van der Waals surface area contributed by atoms with Crippen LogP contribution in [0.1, 0.15) is 12.8 Å². The van der Waals surface area contributed by atoms with Crippen molar-refractivity contribution in [2.45, 2.75) is 23.4 Å². The lowest BCUT2D eigenvalue weighted by molar-refractivity contribution is -0.386. The van der Waals surface area contributed by atoms with Crippen molar-refractivity contribution in [1.29, 1.82) is 0 Å². The molecule has 122 valence electrons. The highest BCUT2D eigenvalue weighted by molar-refractivity contribution is 7.89. The summed E-state index contributed by atoms with van der Waals surface area (Å²) >= 11 is 0. The molecule has 1 fully saturated rings. The molecule has 0 radical (unpaired) electrons. The zero-order chi connectivity index (χ0) is 16.4. The molecular weight excluding hydrogens is 317 g/mol. The third kappa shape index (κ3) is 3.90. The summed E-state index contributed by atoms with van der Waals surface area (Å²) in [6.45, 7) is 0.683. The van der Waals surface area contributed by atoms with Crippen LogP contribution in [0.3, 0.4) is 0 Å². The minimum Gasteiger partial charge on any atom is -0.483 e. The predicted molar refractivity (Wildman–Crippen MR) is 75.9 cm³/mol. The van der Waals surface area contributed by atoms with Crippen molar-refractivity contribution in [3.05, 3.63) is 28.3 Å². The number of primary sulfonamides is 1. The first-order valence-corrected chi connectivity index (χ1v) is 8.10. The maximum atomic E-state index is 14.4. The molecule has 0 saturated carbocycles. The van der Waals surface area contributed by atoms with Gasteiger partial charge in [-0.1, -0.05) is 0 Å². The number of sulfonamides is 1. The zero-order valence-corrected chi connectivity index (χ0v) is 12.4. The van der Waals surface area contributed by atoms with Gasteiger partial charge in [0.2, 0.25) is 10.0 Å². The molecular formula is C12H16FN3O5S. The summed E-state index contributed by atoms with van der Waals surface area (Å²) in [4.78, 5) is 9.82. The monoisotopic (exact) mass is 333 g/mol. The largest absolute Gasteiger partial charge is 0.483 e. The van der Waals surface area contributed by atoms with Gasteiger partial charge in [0, 0.05) is 6.07 Å². The first-order valence-electron chi connectivity index (χ1n) is 6.55. The van der Waals surface area contributed by atoms with Crippen molar-refractivity contribution in [2.24, 2.45) is 5.14 Å². The number of halogens is 1. The molecule has 0 atom stereocenters. The van der Waals surface area contributed by atoms with Crippen LogP contribution in [0.25, 0.3) is 0 Å². The van der Waals surface area contributed by atoms with E-state index in [9.17, 15) is 22.9 Å². The highest BCUT2D eigenvalue weighted by Crippen LogP contribution is 2.32. The fourth-order valence-electron chi connectivity index (χ4n) is 2.17. The molecule has 2 rings (SSSR count). The van der Waals surface area contributed by atoms with Gasteiger partial charge in [-0.3, -0.25) is 10.1 Å². The fraction of sp³-hybridized carbons (Fsp3) is 0.500. The van der Waals surface area contributed by atoms with E-state index < -0.39 is 31.2 Å². The Balaban J connectivity index is 2.21. The molecule has 10 heteroatoms. The lowest BCUT2D eigenvalue weighted by Crippen LogP contribution is -2.42. The molecule has 0 spiro atoms. The van der Waals surface area contributed by atoms with Gasteiger partial charge in [0.25, 0.3) is 0 Å². The summed E-state index contributed by atoms with van der Waals surface area (Å²) in [5, 5.41) is 19.0. The molecule has 1 saturated heterocycles. The number of hydrogen-bond acceptors (Lipinski definition) is 6. The smallest absolute Gasteiger partial charge is 0.312 e. The van der Waals surface area contributed by atoms with Crippen LogP contribution in [-0.2, 0) is 10.0 Å². The number of benzene rings is 1. The number of nitro groups is 1. The number of rotatable bonds is 5. The fourth-order valence-corrected chi connectivity index (χ4v) is 2.70. The van der Waals surface area contributed by atoms with Crippen molar-refractivity contribution in [1.82, 2.24) is 5.32 Å². The number of nitrogens with two attached hydrogens (primary N) is 1. The number of nitrogens with zero attached hydrogens (tertiary/aromatic N) is 1. The average molecular weight is 333 g/mol. The Bertz CT molecular complexity index is 673. The normalized spacial score (nSPS) is 17.9. The molecule has 1 aromatic carbocycles. The first-order chi connectivity index (χ1) is 10.2. The highest BCUT2D eigenvalue weighted by atomic mass is 32.2. The highest BCUT2D eigenvalue weighted by Gasteiger charge is 2.33. The van der Waals surface area contributed by atoms with E-state index in [2.05, 4.69) is 5.32 Å². The Morgan fingerprint density at radius 3 is 2.59 bits per heavy atom. The van der Waals surface area contributed by atoms with E-state index in [1.54, 1.807) is 0 Å². The molecule has 1 heterocycles. The Morgan fingerprint density at radius 1 is 1.41 bits per heavy atom. The molecule has 8 nitrogen and oxygen atoms in total. The SMILES string of the molecule is NS(=O)(=O)c1ccc(OCC2(F)CCNCC2)c([N+](=O)[O-])c1. The van der Waals surface area contributed by atoms with Gasteiger partial charge < -0.3 is 10.1 Å². The molecule has 1 aliphatic heterocycles. The number of piperidine rings is 1. The van der Waals surface area contributed by atoms with E-state index in [-0.39, 0.29) is 25.2 Å². The van der Waals surface area contributed by atoms with E-state index in [0.29, 0.717) is 13.1 Å². The van der Waals surface area contributed by atoms with E-state index in [0.717, 1.165) is 18.2 Å². The quantitative estimate of drug-likeness (QED) is 0.604. The van der Waals surface area contributed by atoms with E-state index in [4.69, 9.17) is 9.88 Å². The van der Waals surface area contributed by atoms with Gasteiger partial charge in [0.05, 0.1) is 9.82 Å². The van der Waals surface area contributed by atoms with Crippen LogP contribution in [0.5, 0.6) is 5.75 Å². The Hall–Kier alpha value is -1.78. The van der Waals surface area contributed by atoms with Gasteiger partial charge in [-0.2, -0.15) is 0 Å². The number of nitro benzene ring substituents is 1. The van der Waals surface area contributed by atoms with Crippen molar-refractivity contribution >= 4 is 15.7 Å². The van der Waals surface area contributed by atoms with E-state index in [1.807, 2.05) is 0 Å². The van der Waals surface area contributed by atoms with Crippen LogP contribution in [0.15, 0.2) is 23.1 Å². The van der Waals surface area contributed by atoms with Crippen LogP contribution < -0.4 is 15.2 Å². The van der Waals surface area contributed by atoms with E-state index >= 15 is 0 Å². The Labute approximate surface area is 126 Å². The summed E-state index contributed by atoms with van der Waals surface area (Å²) < 4.78 is 42.1. The van der Waals surface area contributed by atoms with Gasteiger partial charge in [-0.25, -0.2) is 17.9 Å². The third-order valence-corrected chi connectivity index (χ3v) is 4.35. The van der Waals surface area contributed by atoms with Crippen LogP contribution in [0, 0.1) is 10.1 Å². The molecule has 1 aliphatic rings. The first kappa shape index (κ1) is 16.6. The average Bonchev–Trinajstić information content (AvgIpc) is 2.44. The standard InChI is InChI=1S/C12H16FN3O5S/c13-12(3-5-15-6-4-12)8-21-11-2-1-9(22(14,19)20)7-10(11)16(17)18/h1-2,7,15H,3-6,8H2,(H2,14,19,20). The van der Waals surface area contributed by atoms with Gasteiger partial charge in [-0.05, 0) is 38.1 Å². The zero-order valence-electron chi connectivity index (χ0n) is 11.6. The lowest BCUT2D eigenvalue weighted by atomic mass is 9.95. The lowest BCUT2D eigenvalue weighted by Gasteiger charge is -2.29. The summed E-state index contributed by atoms with van der Waals surface area (Å²) in [5.41, 5.74) is -2.12. The molecule has 1 aromatic rings. The van der Waals surface area contributed by atoms with E-state index in [1.165, 1.54) is 0 Å². The number of alkyl halides is 1. The maximum absolute atomic E-state index is 14.4. The minimum absolute atomic E-state index is 0.187. The van der Waals surface area contributed by atoms with Crippen molar-refractivity contribution in [2.75, 3.05) is 19.7 Å². The second-order valence-electron chi connectivity index (χ2n) is 5.12. The van der Waals surface area contributed by atoms with Crippen LogP contribution in [-0.4, -0.2) is 38.7 Å².